The van der Waals surface area contributed by atoms with E-state index in [2.05, 4.69) is 10.0 Å². The van der Waals surface area contributed by atoms with E-state index in [-0.39, 0.29) is 41.3 Å². The van der Waals surface area contributed by atoms with E-state index in [1.165, 1.54) is 18.2 Å². The van der Waals surface area contributed by atoms with Crippen molar-refractivity contribution in [2.45, 2.75) is 17.9 Å². The summed E-state index contributed by atoms with van der Waals surface area (Å²) in [6.07, 6.45) is 0.453. The van der Waals surface area contributed by atoms with E-state index in [1.54, 1.807) is 0 Å². The van der Waals surface area contributed by atoms with Crippen LogP contribution in [0.25, 0.3) is 0 Å². The van der Waals surface area contributed by atoms with Crippen LogP contribution in [0.15, 0.2) is 53.4 Å². The third-order valence-corrected chi connectivity index (χ3v) is 5.23. The summed E-state index contributed by atoms with van der Waals surface area (Å²) in [6, 6.07) is 13.2. The molecule has 0 fully saturated rings. The summed E-state index contributed by atoms with van der Waals surface area (Å²) in [5, 5.41) is 11.3. The van der Waals surface area contributed by atoms with Gasteiger partial charge >= 0.3 is 0 Å². The number of ether oxygens (including phenoxy) is 1. The van der Waals surface area contributed by atoms with E-state index in [9.17, 15) is 13.2 Å². The number of aliphatic hydroxyl groups excluding tert-OH is 1. The first kappa shape index (κ1) is 21.2. The van der Waals surface area contributed by atoms with Crippen molar-refractivity contribution in [1.82, 2.24) is 10.0 Å². The molecule has 0 atom stereocenters. The van der Waals surface area contributed by atoms with Gasteiger partial charge in [0.1, 0.15) is 5.75 Å². The van der Waals surface area contributed by atoms with Gasteiger partial charge in [-0.25, -0.2) is 13.1 Å². The molecule has 3 N–H and O–H groups in total. The zero-order valence-corrected chi connectivity index (χ0v) is 16.1. The van der Waals surface area contributed by atoms with Gasteiger partial charge in [-0.15, -0.1) is 0 Å². The fraction of sp³-hybridized carbons (Fsp3) is 0.278. The number of carbonyl (C=O) groups is 1. The van der Waals surface area contributed by atoms with Crippen molar-refractivity contribution in [1.29, 1.82) is 0 Å². The van der Waals surface area contributed by atoms with Crippen molar-refractivity contribution in [2.75, 3.05) is 19.8 Å². The summed E-state index contributed by atoms with van der Waals surface area (Å²) in [5.74, 6) is -0.156. The summed E-state index contributed by atoms with van der Waals surface area (Å²) in [7, 11) is -3.74. The molecule has 2 aromatic carbocycles. The Balaban J connectivity index is 1.95. The summed E-state index contributed by atoms with van der Waals surface area (Å²) in [6.45, 7) is 0.231. The second-order valence-corrected chi connectivity index (χ2v) is 7.79. The average Bonchev–Trinajstić information content (AvgIpc) is 2.66. The van der Waals surface area contributed by atoms with E-state index in [4.69, 9.17) is 21.4 Å². The lowest BCUT2D eigenvalue weighted by atomic mass is 10.2. The van der Waals surface area contributed by atoms with Crippen LogP contribution in [-0.2, 0) is 21.4 Å². The third-order valence-electron chi connectivity index (χ3n) is 3.54. The van der Waals surface area contributed by atoms with Crippen molar-refractivity contribution >= 4 is 27.5 Å². The smallest absolute Gasteiger partial charge is 0.257 e. The maximum Gasteiger partial charge on any atom is 0.257 e. The number of rotatable bonds is 10. The SMILES string of the molecule is O=C(COc1ccc(S(=O)(=O)NCc2ccccc2)cc1Cl)NCCCO. The molecule has 27 heavy (non-hydrogen) atoms. The van der Waals surface area contributed by atoms with E-state index < -0.39 is 10.0 Å². The van der Waals surface area contributed by atoms with Crippen molar-refractivity contribution in [2.24, 2.45) is 0 Å². The molecule has 0 heterocycles. The molecule has 0 aromatic heterocycles. The van der Waals surface area contributed by atoms with Crippen LogP contribution in [0.3, 0.4) is 0 Å². The lowest BCUT2D eigenvalue weighted by Crippen LogP contribution is -2.30. The number of aliphatic hydroxyl groups is 1. The number of hydrogen-bond acceptors (Lipinski definition) is 5. The Bertz CT molecular complexity index is 859. The Morgan fingerprint density at radius 3 is 2.56 bits per heavy atom. The summed E-state index contributed by atoms with van der Waals surface area (Å²) < 4.78 is 32.6. The van der Waals surface area contributed by atoms with Crippen molar-refractivity contribution < 1.29 is 23.1 Å². The predicted molar refractivity (Wildman–Crippen MR) is 102 cm³/mol. The maximum absolute atomic E-state index is 12.4. The monoisotopic (exact) mass is 412 g/mol. The fourth-order valence-corrected chi connectivity index (χ4v) is 3.47. The molecule has 2 aromatic rings. The van der Waals surface area contributed by atoms with Gasteiger partial charge < -0.3 is 15.2 Å². The first-order chi connectivity index (χ1) is 12.9. The highest BCUT2D eigenvalue weighted by atomic mass is 35.5. The van der Waals surface area contributed by atoms with Crippen LogP contribution >= 0.6 is 11.6 Å². The number of hydrogen-bond donors (Lipinski definition) is 3. The summed E-state index contributed by atoms with van der Waals surface area (Å²) >= 11 is 6.08. The Kier molecular flexibility index (Phi) is 8.05. The van der Waals surface area contributed by atoms with Gasteiger partial charge in [0.2, 0.25) is 10.0 Å². The second-order valence-electron chi connectivity index (χ2n) is 5.62. The topological polar surface area (TPSA) is 105 Å². The van der Waals surface area contributed by atoms with Gasteiger partial charge in [0, 0.05) is 19.7 Å². The maximum atomic E-state index is 12.4. The molecule has 0 spiro atoms. The Labute approximate surface area is 163 Å². The van der Waals surface area contributed by atoms with Gasteiger partial charge in [0.05, 0.1) is 9.92 Å². The molecule has 1 amide bonds. The van der Waals surface area contributed by atoms with Crippen LogP contribution in [0.2, 0.25) is 5.02 Å². The molecule has 0 aliphatic rings. The van der Waals surface area contributed by atoms with Gasteiger partial charge in [-0.3, -0.25) is 4.79 Å². The second kappa shape index (κ2) is 10.3. The molecule has 0 aliphatic heterocycles. The molecular formula is C18H21ClN2O5S. The molecule has 0 radical (unpaired) electrons. The first-order valence-electron chi connectivity index (χ1n) is 8.26. The highest BCUT2D eigenvalue weighted by Crippen LogP contribution is 2.27. The quantitative estimate of drug-likeness (QED) is 0.515. The molecule has 0 saturated carbocycles. The highest BCUT2D eigenvalue weighted by molar-refractivity contribution is 7.89. The number of nitrogens with one attached hydrogen (secondary N) is 2. The Hall–Kier alpha value is -2.13. The van der Waals surface area contributed by atoms with Crippen LogP contribution < -0.4 is 14.8 Å². The van der Waals surface area contributed by atoms with Gasteiger partial charge in [0.25, 0.3) is 5.91 Å². The zero-order valence-electron chi connectivity index (χ0n) is 14.5. The van der Waals surface area contributed by atoms with Gasteiger partial charge in [-0.05, 0) is 30.2 Å². The molecule has 7 nitrogen and oxygen atoms in total. The fourth-order valence-electron chi connectivity index (χ4n) is 2.12. The van der Waals surface area contributed by atoms with Crippen LogP contribution in [0.1, 0.15) is 12.0 Å². The number of amides is 1. The summed E-state index contributed by atoms with van der Waals surface area (Å²) in [4.78, 5) is 11.6. The molecule has 0 aliphatic carbocycles. The summed E-state index contributed by atoms with van der Waals surface area (Å²) in [5.41, 5.74) is 0.833. The van der Waals surface area contributed by atoms with Crippen LogP contribution in [0.4, 0.5) is 0 Å². The minimum Gasteiger partial charge on any atom is -0.482 e. The Morgan fingerprint density at radius 1 is 1.15 bits per heavy atom. The van der Waals surface area contributed by atoms with Gasteiger partial charge in [0.15, 0.2) is 6.61 Å². The number of benzene rings is 2. The molecule has 0 saturated heterocycles. The predicted octanol–water partition coefficient (Wildman–Crippen LogP) is 1.70. The number of halogens is 1. The van der Waals surface area contributed by atoms with Crippen molar-refractivity contribution in [3.63, 3.8) is 0 Å². The largest absolute Gasteiger partial charge is 0.482 e. The van der Waals surface area contributed by atoms with E-state index in [0.717, 1.165) is 5.56 Å². The van der Waals surface area contributed by atoms with E-state index >= 15 is 0 Å². The number of carbonyl (C=O) groups excluding carboxylic acids is 1. The molecule has 2 rings (SSSR count). The standard InChI is InChI=1S/C18H21ClN2O5S/c19-16-11-15(27(24,25)21-12-14-5-2-1-3-6-14)7-8-17(16)26-13-18(23)20-9-4-10-22/h1-3,5-8,11,21-22H,4,9-10,12-13H2,(H,20,23). The molecule has 146 valence electrons. The van der Waals surface area contributed by atoms with Crippen molar-refractivity contribution in [3.05, 3.63) is 59.1 Å². The van der Waals surface area contributed by atoms with E-state index in [0.29, 0.717) is 13.0 Å². The molecular weight excluding hydrogens is 392 g/mol. The van der Waals surface area contributed by atoms with Crippen LogP contribution in [0, 0.1) is 0 Å². The molecule has 0 bridgehead atoms. The van der Waals surface area contributed by atoms with Crippen LogP contribution in [-0.4, -0.2) is 39.2 Å². The molecule has 9 heteroatoms. The lowest BCUT2D eigenvalue weighted by molar-refractivity contribution is -0.123. The zero-order chi connectivity index (χ0) is 19.7. The van der Waals surface area contributed by atoms with Gasteiger partial charge in [-0.2, -0.15) is 0 Å². The lowest BCUT2D eigenvalue weighted by Gasteiger charge is -2.11. The normalized spacial score (nSPS) is 11.2. The average molecular weight is 413 g/mol. The minimum absolute atomic E-state index is 0.00294. The van der Waals surface area contributed by atoms with Gasteiger partial charge in [-0.1, -0.05) is 41.9 Å². The highest BCUT2D eigenvalue weighted by Gasteiger charge is 2.16. The van der Waals surface area contributed by atoms with Crippen molar-refractivity contribution in [3.8, 4) is 5.75 Å². The third kappa shape index (κ3) is 6.84. The Morgan fingerprint density at radius 2 is 1.89 bits per heavy atom. The minimum atomic E-state index is -3.74. The first-order valence-corrected chi connectivity index (χ1v) is 10.1. The van der Waals surface area contributed by atoms with E-state index in [1.807, 2.05) is 30.3 Å². The van der Waals surface area contributed by atoms with Crippen LogP contribution in [0.5, 0.6) is 5.75 Å². The number of sulfonamides is 1. The molecule has 0 unspecified atom stereocenters.